The summed E-state index contributed by atoms with van der Waals surface area (Å²) in [5.41, 5.74) is 9.28. The third-order valence-corrected chi connectivity index (χ3v) is 6.22. The molecule has 6 rings (SSSR count). The molecule has 0 unspecified atom stereocenters. The number of rotatable bonds is 3. The minimum Gasteiger partial charge on any atom is -0.464 e. The monoisotopic (exact) mass is 431 g/mol. The van der Waals surface area contributed by atoms with Gasteiger partial charge in [0.2, 0.25) is 0 Å². The molecule has 0 aliphatic heterocycles. The topological polar surface area (TPSA) is 31.0 Å². The minimum atomic E-state index is -2.19. The SMILES string of the molecule is [2H]C([2H])([2H])c1ccc2c(-c3nc4ccccc4n3-c3cc(C)c(-c4ccccc4)c(C)c3)coc2c1. The van der Waals surface area contributed by atoms with E-state index in [0.717, 1.165) is 33.5 Å². The second-order valence-electron chi connectivity index (χ2n) is 8.44. The number of hydrogen-bond donors (Lipinski definition) is 0. The molecular formula is C30H24N2O. The van der Waals surface area contributed by atoms with E-state index in [1.807, 2.05) is 30.3 Å². The zero-order valence-electron chi connectivity index (χ0n) is 21.5. The Morgan fingerprint density at radius 2 is 1.61 bits per heavy atom. The highest BCUT2D eigenvalue weighted by atomic mass is 16.3. The second-order valence-corrected chi connectivity index (χ2v) is 8.44. The van der Waals surface area contributed by atoms with E-state index in [1.165, 1.54) is 22.3 Å². The first-order chi connectivity index (χ1) is 17.3. The highest BCUT2D eigenvalue weighted by molar-refractivity contribution is 5.95. The Labute approximate surface area is 197 Å². The fraction of sp³-hybridized carbons (Fsp3) is 0.100. The van der Waals surface area contributed by atoms with Crippen LogP contribution < -0.4 is 0 Å². The normalized spacial score (nSPS) is 13.2. The fourth-order valence-corrected chi connectivity index (χ4v) is 4.80. The van der Waals surface area contributed by atoms with E-state index in [-0.39, 0.29) is 5.56 Å². The van der Waals surface area contributed by atoms with Crippen molar-refractivity contribution in [3.05, 3.63) is 108 Å². The lowest BCUT2D eigenvalue weighted by atomic mass is 9.95. The van der Waals surface area contributed by atoms with Crippen LogP contribution in [-0.4, -0.2) is 9.55 Å². The number of fused-ring (bicyclic) bond motifs is 2. The molecule has 2 aromatic heterocycles. The Hall–Kier alpha value is -4.11. The number of aryl methyl sites for hydroxylation is 3. The van der Waals surface area contributed by atoms with Crippen molar-refractivity contribution in [3.8, 4) is 28.2 Å². The Balaban J connectivity index is 1.58. The molecule has 0 aliphatic rings. The highest BCUT2D eigenvalue weighted by Crippen LogP contribution is 2.37. The molecule has 0 aliphatic carbocycles. The van der Waals surface area contributed by atoms with Crippen LogP contribution in [0.2, 0.25) is 0 Å². The zero-order chi connectivity index (χ0) is 25.0. The van der Waals surface area contributed by atoms with Gasteiger partial charge in [0.05, 0.1) is 16.6 Å². The van der Waals surface area contributed by atoms with E-state index in [1.54, 1.807) is 18.4 Å². The van der Waals surface area contributed by atoms with Crippen LogP contribution in [0.4, 0.5) is 0 Å². The van der Waals surface area contributed by atoms with Gasteiger partial charge in [-0.1, -0.05) is 54.6 Å². The summed E-state index contributed by atoms with van der Waals surface area (Å²) in [6, 6.07) is 27.9. The second kappa shape index (κ2) is 7.49. The molecule has 0 N–H and O–H groups in total. The van der Waals surface area contributed by atoms with E-state index in [4.69, 9.17) is 13.5 Å². The molecule has 0 spiro atoms. The Morgan fingerprint density at radius 1 is 0.848 bits per heavy atom. The van der Waals surface area contributed by atoms with Gasteiger partial charge in [-0.15, -0.1) is 0 Å². The molecule has 3 heteroatoms. The first kappa shape index (κ1) is 16.5. The average molecular weight is 432 g/mol. The predicted octanol–water partition coefficient (Wildman–Crippen LogP) is 8.03. The number of imidazole rings is 1. The molecule has 0 saturated carbocycles. The van der Waals surface area contributed by atoms with Gasteiger partial charge in [0, 0.05) is 15.2 Å². The van der Waals surface area contributed by atoms with E-state index < -0.39 is 6.85 Å². The molecule has 0 bridgehead atoms. The minimum absolute atomic E-state index is 0.257. The summed E-state index contributed by atoms with van der Waals surface area (Å²) < 4.78 is 31.2. The van der Waals surface area contributed by atoms with Gasteiger partial charge >= 0.3 is 0 Å². The summed E-state index contributed by atoms with van der Waals surface area (Å²) in [6.07, 6.45) is 1.67. The van der Waals surface area contributed by atoms with Crippen LogP contribution in [0.3, 0.4) is 0 Å². The van der Waals surface area contributed by atoms with Crippen LogP contribution in [0.5, 0.6) is 0 Å². The van der Waals surface area contributed by atoms with Gasteiger partial charge in [0.15, 0.2) is 0 Å². The van der Waals surface area contributed by atoms with Crippen molar-refractivity contribution < 1.29 is 8.53 Å². The number of benzene rings is 4. The molecule has 4 aromatic carbocycles. The molecule has 0 fully saturated rings. The zero-order valence-corrected chi connectivity index (χ0v) is 18.5. The van der Waals surface area contributed by atoms with Crippen molar-refractivity contribution in [2.45, 2.75) is 20.7 Å². The maximum absolute atomic E-state index is 7.73. The summed E-state index contributed by atoms with van der Waals surface area (Å²) in [5.74, 6) is 0.753. The number of para-hydroxylation sites is 2. The molecule has 0 saturated heterocycles. The summed E-state index contributed by atoms with van der Waals surface area (Å²) in [7, 11) is 0. The molecular weight excluding hydrogens is 404 g/mol. The first-order valence-electron chi connectivity index (χ1n) is 12.5. The van der Waals surface area contributed by atoms with E-state index in [9.17, 15) is 0 Å². The first-order valence-corrected chi connectivity index (χ1v) is 11.0. The molecule has 0 radical (unpaired) electrons. The van der Waals surface area contributed by atoms with Gasteiger partial charge in [-0.2, -0.15) is 0 Å². The molecule has 6 aromatic rings. The molecule has 33 heavy (non-hydrogen) atoms. The van der Waals surface area contributed by atoms with Gasteiger partial charge in [-0.05, 0) is 78.8 Å². The Bertz CT molecular complexity index is 1720. The number of hydrogen-bond acceptors (Lipinski definition) is 2. The standard InChI is InChI=1S/C30H24N2O/c1-19-13-14-24-25(18-33-28(24)15-19)30-31-26-11-7-8-12-27(26)32(30)23-16-20(2)29(21(3)17-23)22-9-5-4-6-10-22/h4-18H,1-3H3/i1D3. The highest BCUT2D eigenvalue weighted by Gasteiger charge is 2.19. The predicted molar refractivity (Wildman–Crippen MR) is 136 cm³/mol. The van der Waals surface area contributed by atoms with Gasteiger partial charge < -0.3 is 4.42 Å². The van der Waals surface area contributed by atoms with Gasteiger partial charge in [-0.25, -0.2) is 4.98 Å². The van der Waals surface area contributed by atoms with Gasteiger partial charge in [-0.3, -0.25) is 4.57 Å². The van der Waals surface area contributed by atoms with Crippen LogP contribution in [0, 0.1) is 20.7 Å². The third kappa shape index (κ3) is 3.16. The lowest BCUT2D eigenvalue weighted by molar-refractivity contribution is 0.616. The van der Waals surface area contributed by atoms with Crippen molar-refractivity contribution in [3.63, 3.8) is 0 Å². The summed E-state index contributed by atoms with van der Waals surface area (Å²) in [4.78, 5) is 4.98. The number of aromatic nitrogens is 2. The largest absolute Gasteiger partial charge is 0.464 e. The Morgan fingerprint density at radius 3 is 2.39 bits per heavy atom. The van der Waals surface area contributed by atoms with Crippen LogP contribution in [0.25, 0.3) is 50.2 Å². The lowest BCUT2D eigenvalue weighted by Gasteiger charge is -2.16. The van der Waals surface area contributed by atoms with Gasteiger partial charge in [0.25, 0.3) is 0 Å². The molecule has 3 nitrogen and oxygen atoms in total. The van der Waals surface area contributed by atoms with Crippen LogP contribution in [-0.2, 0) is 0 Å². The quantitative estimate of drug-likeness (QED) is 0.284. The van der Waals surface area contributed by atoms with Crippen molar-refractivity contribution in [1.82, 2.24) is 9.55 Å². The summed E-state index contributed by atoms with van der Waals surface area (Å²) in [6.45, 7) is 2.09. The molecule has 0 atom stereocenters. The van der Waals surface area contributed by atoms with Crippen LogP contribution >= 0.6 is 0 Å². The Kier molecular flexibility index (Phi) is 3.75. The number of furan rings is 1. The summed E-state index contributed by atoms with van der Waals surface area (Å²) in [5, 5.41) is 0.828. The fourth-order valence-electron chi connectivity index (χ4n) is 4.80. The maximum atomic E-state index is 7.73. The third-order valence-electron chi connectivity index (χ3n) is 6.22. The van der Waals surface area contributed by atoms with Crippen molar-refractivity contribution in [2.75, 3.05) is 0 Å². The maximum Gasteiger partial charge on any atom is 0.149 e. The molecule has 2 heterocycles. The molecule has 0 amide bonds. The van der Waals surface area contributed by atoms with Crippen molar-refractivity contribution in [1.29, 1.82) is 0 Å². The van der Waals surface area contributed by atoms with Gasteiger partial charge in [0.1, 0.15) is 17.7 Å². The number of nitrogens with zero attached hydrogens (tertiary/aromatic N) is 2. The van der Waals surface area contributed by atoms with Crippen LogP contribution in [0.15, 0.2) is 95.6 Å². The van der Waals surface area contributed by atoms with Crippen LogP contribution in [0.1, 0.15) is 20.8 Å². The average Bonchev–Trinajstić information content (AvgIpc) is 3.44. The lowest BCUT2D eigenvalue weighted by Crippen LogP contribution is -2.00. The van der Waals surface area contributed by atoms with E-state index in [0.29, 0.717) is 5.58 Å². The van der Waals surface area contributed by atoms with Crippen molar-refractivity contribution >= 4 is 22.0 Å². The van der Waals surface area contributed by atoms with Crippen molar-refractivity contribution in [2.24, 2.45) is 0 Å². The van der Waals surface area contributed by atoms with E-state index in [2.05, 4.69) is 60.9 Å². The van der Waals surface area contributed by atoms with E-state index >= 15 is 0 Å². The smallest absolute Gasteiger partial charge is 0.149 e. The summed E-state index contributed by atoms with van der Waals surface area (Å²) >= 11 is 0. The molecule has 160 valence electrons.